The van der Waals surface area contributed by atoms with Crippen LogP contribution >= 0.6 is 0 Å². The molecule has 0 heterocycles. The molecular formula is C14H16N2O. The van der Waals surface area contributed by atoms with E-state index in [-0.39, 0.29) is 5.91 Å². The lowest BCUT2D eigenvalue weighted by molar-refractivity contribution is -0.117. The molecule has 0 aromatic heterocycles. The number of fused-ring (bicyclic) bond motifs is 1. The van der Waals surface area contributed by atoms with Crippen LogP contribution in [0.4, 0.5) is 5.69 Å². The molecule has 1 unspecified atom stereocenters. The van der Waals surface area contributed by atoms with E-state index in [1.807, 2.05) is 49.4 Å². The van der Waals surface area contributed by atoms with E-state index in [0.29, 0.717) is 6.42 Å². The summed E-state index contributed by atoms with van der Waals surface area (Å²) < 4.78 is 0. The molecule has 3 heteroatoms. The smallest absolute Gasteiger partial charge is 0.241 e. The van der Waals surface area contributed by atoms with Crippen LogP contribution in [-0.4, -0.2) is 11.9 Å². The summed E-state index contributed by atoms with van der Waals surface area (Å²) >= 11 is 0. The van der Waals surface area contributed by atoms with Gasteiger partial charge in [0.2, 0.25) is 5.91 Å². The Kier molecular flexibility index (Phi) is 3.40. The van der Waals surface area contributed by atoms with Crippen LogP contribution in [0.2, 0.25) is 0 Å². The molecule has 0 saturated heterocycles. The number of benzene rings is 2. The van der Waals surface area contributed by atoms with Crippen molar-refractivity contribution in [2.45, 2.75) is 19.4 Å². The first-order chi connectivity index (χ1) is 8.22. The van der Waals surface area contributed by atoms with Crippen molar-refractivity contribution in [3.05, 3.63) is 42.5 Å². The first-order valence-electron chi connectivity index (χ1n) is 5.76. The molecule has 3 nitrogen and oxygen atoms in total. The topological polar surface area (TPSA) is 55.1 Å². The maximum absolute atomic E-state index is 11.8. The predicted octanol–water partition coefficient (Wildman–Crippen LogP) is 2.52. The molecule has 1 amide bonds. The Labute approximate surface area is 101 Å². The van der Waals surface area contributed by atoms with Crippen molar-refractivity contribution < 1.29 is 4.79 Å². The monoisotopic (exact) mass is 228 g/mol. The molecule has 0 fully saturated rings. The molecule has 88 valence electrons. The van der Waals surface area contributed by atoms with Crippen LogP contribution in [0.5, 0.6) is 0 Å². The Balaban J connectivity index is 2.33. The van der Waals surface area contributed by atoms with Gasteiger partial charge in [0.1, 0.15) is 0 Å². The molecule has 0 spiro atoms. The van der Waals surface area contributed by atoms with Crippen molar-refractivity contribution in [3.8, 4) is 0 Å². The Morgan fingerprint density at radius 1 is 1.24 bits per heavy atom. The van der Waals surface area contributed by atoms with Crippen molar-refractivity contribution >= 4 is 22.4 Å². The van der Waals surface area contributed by atoms with Crippen molar-refractivity contribution in [3.63, 3.8) is 0 Å². The average molecular weight is 228 g/mol. The van der Waals surface area contributed by atoms with Crippen LogP contribution in [0.1, 0.15) is 13.3 Å². The second-order valence-corrected chi connectivity index (χ2v) is 4.03. The molecule has 0 aliphatic carbocycles. The highest BCUT2D eigenvalue weighted by atomic mass is 16.2. The van der Waals surface area contributed by atoms with Crippen LogP contribution in [0.3, 0.4) is 0 Å². The zero-order valence-corrected chi connectivity index (χ0v) is 9.81. The maximum atomic E-state index is 11.8. The van der Waals surface area contributed by atoms with Gasteiger partial charge in [0.15, 0.2) is 0 Å². The quantitative estimate of drug-likeness (QED) is 0.848. The summed E-state index contributed by atoms with van der Waals surface area (Å²) in [5.74, 6) is -0.135. The molecule has 2 rings (SSSR count). The highest BCUT2D eigenvalue weighted by Gasteiger charge is 2.11. The fourth-order valence-corrected chi connectivity index (χ4v) is 1.75. The summed E-state index contributed by atoms with van der Waals surface area (Å²) in [4.78, 5) is 11.8. The van der Waals surface area contributed by atoms with Gasteiger partial charge in [-0.1, -0.05) is 43.3 Å². The van der Waals surface area contributed by atoms with E-state index < -0.39 is 6.04 Å². The molecule has 0 radical (unpaired) electrons. The average Bonchev–Trinajstić information content (AvgIpc) is 2.38. The van der Waals surface area contributed by atoms with E-state index in [1.165, 1.54) is 0 Å². The minimum absolute atomic E-state index is 0.135. The normalized spacial score (nSPS) is 12.4. The lowest BCUT2D eigenvalue weighted by atomic mass is 10.1. The highest BCUT2D eigenvalue weighted by molar-refractivity contribution is 6.03. The fourth-order valence-electron chi connectivity index (χ4n) is 1.75. The first-order valence-corrected chi connectivity index (χ1v) is 5.76. The summed E-state index contributed by atoms with van der Waals surface area (Å²) in [5.41, 5.74) is 6.51. The predicted molar refractivity (Wildman–Crippen MR) is 70.8 cm³/mol. The Morgan fingerprint density at radius 3 is 2.71 bits per heavy atom. The standard InChI is InChI=1S/C14H16N2O/c1-2-12(15)14(17)16-13-9-5-7-10-6-3-4-8-11(10)13/h3-9,12H,2,15H2,1H3,(H,16,17). The zero-order chi connectivity index (χ0) is 12.3. The maximum Gasteiger partial charge on any atom is 0.241 e. The highest BCUT2D eigenvalue weighted by Crippen LogP contribution is 2.22. The fraction of sp³-hybridized carbons (Fsp3) is 0.214. The SMILES string of the molecule is CCC(N)C(=O)Nc1cccc2ccccc12. The van der Waals surface area contributed by atoms with E-state index in [9.17, 15) is 4.79 Å². The number of carbonyl (C=O) groups is 1. The van der Waals surface area contributed by atoms with Crippen LogP contribution in [0.15, 0.2) is 42.5 Å². The number of rotatable bonds is 3. The number of nitrogens with two attached hydrogens (primary N) is 1. The van der Waals surface area contributed by atoms with Crippen LogP contribution in [0, 0.1) is 0 Å². The summed E-state index contributed by atoms with van der Waals surface area (Å²) in [6.07, 6.45) is 0.636. The van der Waals surface area contributed by atoms with Gasteiger partial charge in [-0.15, -0.1) is 0 Å². The number of anilines is 1. The third kappa shape index (κ3) is 2.45. The number of amides is 1. The molecule has 0 bridgehead atoms. The molecule has 17 heavy (non-hydrogen) atoms. The van der Waals surface area contributed by atoms with E-state index in [4.69, 9.17) is 5.73 Å². The summed E-state index contributed by atoms with van der Waals surface area (Å²) in [7, 11) is 0. The second-order valence-electron chi connectivity index (χ2n) is 4.03. The van der Waals surface area contributed by atoms with Gasteiger partial charge in [0, 0.05) is 11.1 Å². The van der Waals surface area contributed by atoms with Crippen molar-refractivity contribution in [2.24, 2.45) is 5.73 Å². The van der Waals surface area contributed by atoms with Gasteiger partial charge in [-0.05, 0) is 17.9 Å². The van der Waals surface area contributed by atoms with E-state index in [1.54, 1.807) is 0 Å². The molecule has 2 aromatic rings. The van der Waals surface area contributed by atoms with Gasteiger partial charge in [-0.25, -0.2) is 0 Å². The minimum Gasteiger partial charge on any atom is -0.324 e. The number of hydrogen-bond donors (Lipinski definition) is 2. The first kappa shape index (κ1) is 11.6. The van der Waals surface area contributed by atoms with Gasteiger partial charge >= 0.3 is 0 Å². The van der Waals surface area contributed by atoms with E-state index >= 15 is 0 Å². The third-order valence-electron chi connectivity index (χ3n) is 2.82. The molecule has 0 aliphatic rings. The number of nitrogens with one attached hydrogen (secondary N) is 1. The largest absolute Gasteiger partial charge is 0.324 e. The summed E-state index contributed by atoms with van der Waals surface area (Å²) in [6.45, 7) is 1.90. The van der Waals surface area contributed by atoms with Gasteiger partial charge in [0.25, 0.3) is 0 Å². The Morgan fingerprint density at radius 2 is 1.94 bits per heavy atom. The van der Waals surface area contributed by atoms with E-state index in [2.05, 4.69) is 5.32 Å². The van der Waals surface area contributed by atoms with Crippen LogP contribution < -0.4 is 11.1 Å². The molecule has 2 aromatic carbocycles. The summed E-state index contributed by atoms with van der Waals surface area (Å²) in [5, 5.41) is 5.01. The Bertz CT molecular complexity index is 531. The lowest BCUT2D eigenvalue weighted by Crippen LogP contribution is -2.34. The molecule has 0 saturated carbocycles. The molecular weight excluding hydrogens is 212 g/mol. The lowest BCUT2D eigenvalue weighted by Gasteiger charge is -2.12. The van der Waals surface area contributed by atoms with Gasteiger partial charge in [-0.2, -0.15) is 0 Å². The summed E-state index contributed by atoms with van der Waals surface area (Å²) in [6, 6.07) is 13.3. The number of carbonyl (C=O) groups excluding carboxylic acids is 1. The van der Waals surface area contributed by atoms with Gasteiger partial charge in [-0.3, -0.25) is 4.79 Å². The molecule has 3 N–H and O–H groups in total. The van der Waals surface area contributed by atoms with Crippen molar-refractivity contribution in [1.82, 2.24) is 0 Å². The van der Waals surface area contributed by atoms with Crippen molar-refractivity contribution in [1.29, 1.82) is 0 Å². The van der Waals surface area contributed by atoms with Gasteiger partial charge < -0.3 is 11.1 Å². The second kappa shape index (κ2) is 4.97. The van der Waals surface area contributed by atoms with Crippen LogP contribution in [0.25, 0.3) is 10.8 Å². The molecule has 0 aliphatic heterocycles. The minimum atomic E-state index is -0.450. The van der Waals surface area contributed by atoms with Crippen LogP contribution in [-0.2, 0) is 4.79 Å². The zero-order valence-electron chi connectivity index (χ0n) is 9.81. The van der Waals surface area contributed by atoms with Crippen molar-refractivity contribution in [2.75, 3.05) is 5.32 Å². The number of hydrogen-bond acceptors (Lipinski definition) is 2. The van der Waals surface area contributed by atoms with Gasteiger partial charge in [0.05, 0.1) is 6.04 Å². The third-order valence-corrected chi connectivity index (χ3v) is 2.82. The Hall–Kier alpha value is -1.87. The van der Waals surface area contributed by atoms with E-state index in [0.717, 1.165) is 16.5 Å². The molecule has 1 atom stereocenters.